The van der Waals surface area contributed by atoms with Crippen LogP contribution in [0.1, 0.15) is 17.3 Å². The van der Waals surface area contributed by atoms with Gasteiger partial charge in [0.05, 0.1) is 12.8 Å². The molecule has 7 heteroatoms. The Morgan fingerprint density at radius 1 is 1.15 bits per heavy atom. The minimum absolute atomic E-state index is 0.0862. The maximum absolute atomic E-state index is 12.4. The molecule has 3 rings (SSSR count). The third kappa shape index (κ3) is 3.83. The molecule has 0 aliphatic rings. The topological polar surface area (TPSA) is 80.9 Å². The molecule has 1 heterocycles. The van der Waals surface area contributed by atoms with Gasteiger partial charge in [0, 0.05) is 16.8 Å². The summed E-state index contributed by atoms with van der Waals surface area (Å²) >= 11 is 3.36. The normalized spacial score (nSPS) is 11.4. The monoisotopic (exact) mass is 414 g/mol. The third-order valence-corrected chi connectivity index (χ3v) is 4.08. The van der Waals surface area contributed by atoms with E-state index in [2.05, 4.69) is 26.2 Å². The number of carbonyl (C=O) groups is 2. The van der Waals surface area contributed by atoms with Crippen molar-refractivity contribution in [3.8, 4) is 5.75 Å². The SMILES string of the molecule is COc1cccc2cc(C(=O)NC(C)=O)c(=Nc3ccc(Br)cc3)oc12. The molecule has 2 aromatic carbocycles. The molecule has 0 saturated carbocycles. The van der Waals surface area contributed by atoms with Crippen LogP contribution in [0, 0.1) is 0 Å². The summed E-state index contributed by atoms with van der Waals surface area (Å²) in [6.45, 7) is 1.27. The smallest absolute Gasteiger partial charge is 0.263 e. The van der Waals surface area contributed by atoms with Crippen molar-refractivity contribution < 1.29 is 18.7 Å². The second-order valence-corrected chi connectivity index (χ2v) is 6.36. The van der Waals surface area contributed by atoms with Gasteiger partial charge < -0.3 is 9.15 Å². The number of hydrogen-bond donors (Lipinski definition) is 1. The number of methoxy groups -OCH3 is 1. The zero-order valence-electron chi connectivity index (χ0n) is 14.1. The Hall–Kier alpha value is -2.93. The number of ether oxygens (including phenoxy) is 1. The molecular weight excluding hydrogens is 400 g/mol. The molecule has 0 fully saturated rings. The quantitative estimate of drug-likeness (QED) is 0.707. The van der Waals surface area contributed by atoms with E-state index in [1.165, 1.54) is 14.0 Å². The molecule has 0 saturated heterocycles. The highest BCUT2D eigenvalue weighted by Crippen LogP contribution is 2.25. The Morgan fingerprint density at radius 2 is 1.88 bits per heavy atom. The predicted octanol–water partition coefficient (Wildman–Crippen LogP) is 3.71. The van der Waals surface area contributed by atoms with E-state index < -0.39 is 11.8 Å². The molecule has 0 unspecified atom stereocenters. The molecule has 1 aromatic heterocycles. The van der Waals surface area contributed by atoms with Crippen molar-refractivity contribution in [1.82, 2.24) is 5.32 Å². The number of amides is 2. The Kier molecular flexibility index (Phi) is 5.18. The molecule has 0 aliphatic heterocycles. The molecule has 26 heavy (non-hydrogen) atoms. The van der Waals surface area contributed by atoms with E-state index in [-0.39, 0.29) is 11.1 Å². The van der Waals surface area contributed by atoms with Crippen LogP contribution in [0.15, 0.2) is 62.4 Å². The number of imide groups is 1. The number of rotatable bonds is 3. The van der Waals surface area contributed by atoms with E-state index in [0.29, 0.717) is 22.4 Å². The van der Waals surface area contributed by atoms with Crippen molar-refractivity contribution in [2.24, 2.45) is 4.99 Å². The first-order chi connectivity index (χ1) is 12.5. The summed E-state index contributed by atoms with van der Waals surface area (Å²) in [4.78, 5) is 28.1. The van der Waals surface area contributed by atoms with Gasteiger partial charge in [-0.3, -0.25) is 14.9 Å². The van der Waals surface area contributed by atoms with Gasteiger partial charge in [-0.25, -0.2) is 4.99 Å². The average molecular weight is 415 g/mol. The van der Waals surface area contributed by atoms with Gasteiger partial charge in [-0.1, -0.05) is 28.1 Å². The molecule has 0 aliphatic carbocycles. The van der Waals surface area contributed by atoms with Crippen LogP contribution < -0.4 is 15.6 Å². The Balaban J connectivity index is 2.27. The predicted molar refractivity (Wildman–Crippen MR) is 100 cm³/mol. The highest BCUT2D eigenvalue weighted by Gasteiger charge is 2.15. The first-order valence-electron chi connectivity index (χ1n) is 7.71. The van der Waals surface area contributed by atoms with Gasteiger partial charge in [0.2, 0.25) is 11.5 Å². The van der Waals surface area contributed by atoms with E-state index >= 15 is 0 Å². The van der Waals surface area contributed by atoms with Gasteiger partial charge in [-0.05, 0) is 36.4 Å². The number of fused-ring (bicyclic) bond motifs is 1. The summed E-state index contributed by atoms with van der Waals surface area (Å²) in [5, 5.41) is 2.91. The van der Waals surface area contributed by atoms with Crippen LogP contribution >= 0.6 is 15.9 Å². The maximum atomic E-state index is 12.4. The maximum Gasteiger partial charge on any atom is 0.263 e. The van der Waals surface area contributed by atoms with Gasteiger partial charge in [0.1, 0.15) is 5.56 Å². The van der Waals surface area contributed by atoms with Crippen molar-refractivity contribution in [2.45, 2.75) is 6.92 Å². The number of carbonyl (C=O) groups excluding carboxylic acids is 2. The number of halogens is 1. The number of para-hydroxylation sites is 1. The van der Waals surface area contributed by atoms with Crippen molar-refractivity contribution in [3.63, 3.8) is 0 Å². The number of nitrogens with one attached hydrogen (secondary N) is 1. The molecule has 0 spiro atoms. The van der Waals surface area contributed by atoms with Gasteiger partial charge in [0.25, 0.3) is 5.91 Å². The highest BCUT2D eigenvalue weighted by atomic mass is 79.9. The fourth-order valence-electron chi connectivity index (χ4n) is 2.39. The Morgan fingerprint density at radius 3 is 2.54 bits per heavy atom. The van der Waals surface area contributed by atoms with E-state index in [1.54, 1.807) is 36.4 Å². The average Bonchev–Trinajstić information content (AvgIpc) is 2.62. The van der Waals surface area contributed by atoms with Gasteiger partial charge in [-0.15, -0.1) is 0 Å². The van der Waals surface area contributed by atoms with E-state index in [1.807, 2.05) is 12.1 Å². The lowest BCUT2D eigenvalue weighted by Crippen LogP contribution is -2.32. The first kappa shape index (κ1) is 17.9. The molecule has 6 nitrogen and oxygen atoms in total. The van der Waals surface area contributed by atoms with E-state index in [0.717, 1.165) is 4.47 Å². The van der Waals surface area contributed by atoms with Crippen LogP contribution in [0.5, 0.6) is 5.75 Å². The lowest BCUT2D eigenvalue weighted by Gasteiger charge is -2.07. The molecule has 132 valence electrons. The summed E-state index contributed by atoms with van der Waals surface area (Å²) in [6, 6.07) is 14.2. The van der Waals surface area contributed by atoms with Crippen LogP contribution in [0.3, 0.4) is 0 Å². The van der Waals surface area contributed by atoms with Crippen molar-refractivity contribution in [3.05, 3.63) is 64.1 Å². The van der Waals surface area contributed by atoms with Crippen molar-refractivity contribution in [1.29, 1.82) is 0 Å². The largest absolute Gasteiger partial charge is 0.493 e. The zero-order chi connectivity index (χ0) is 18.7. The third-order valence-electron chi connectivity index (χ3n) is 3.55. The summed E-state index contributed by atoms with van der Waals surface area (Å²) in [5.41, 5.74) is 1.31. The number of nitrogens with zero attached hydrogens (tertiary/aromatic N) is 1. The van der Waals surface area contributed by atoms with Crippen LogP contribution in [0.2, 0.25) is 0 Å². The lowest BCUT2D eigenvalue weighted by molar-refractivity contribution is -0.118. The van der Waals surface area contributed by atoms with Crippen LogP contribution in [0.25, 0.3) is 11.0 Å². The summed E-state index contributed by atoms with van der Waals surface area (Å²) in [5.74, 6) is -0.523. The van der Waals surface area contributed by atoms with Gasteiger partial charge in [0.15, 0.2) is 11.3 Å². The molecule has 2 amide bonds. The molecule has 1 N–H and O–H groups in total. The lowest BCUT2D eigenvalue weighted by atomic mass is 10.1. The molecule has 0 radical (unpaired) electrons. The molecule has 0 atom stereocenters. The second-order valence-electron chi connectivity index (χ2n) is 5.44. The Bertz CT molecular complexity index is 1060. The number of benzene rings is 2. The minimum Gasteiger partial charge on any atom is -0.493 e. The van der Waals surface area contributed by atoms with E-state index in [9.17, 15) is 9.59 Å². The highest BCUT2D eigenvalue weighted by molar-refractivity contribution is 9.10. The molecular formula is C19H15BrN2O4. The Labute approximate surface area is 157 Å². The summed E-state index contributed by atoms with van der Waals surface area (Å²) < 4.78 is 12.1. The van der Waals surface area contributed by atoms with Gasteiger partial charge in [-0.2, -0.15) is 0 Å². The van der Waals surface area contributed by atoms with Crippen LogP contribution in [-0.4, -0.2) is 18.9 Å². The molecule has 3 aromatic rings. The fourth-order valence-corrected chi connectivity index (χ4v) is 2.66. The molecule has 0 bridgehead atoms. The van der Waals surface area contributed by atoms with Crippen molar-refractivity contribution >= 4 is 44.4 Å². The summed E-state index contributed by atoms with van der Waals surface area (Å²) in [6.07, 6.45) is 0. The zero-order valence-corrected chi connectivity index (χ0v) is 15.7. The fraction of sp³-hybridized carbons (Fsp3) is 0.105. The second kappa shape index (κ2) is 7.53. The van der Waals surface area contributed by atoms with Gasteiger partial charge >= 0.3 is 0 Å². The first-order valence-corrected chi connectivity index (χ1v) is 8.50. The van der Waals surface area contributed by atoms with Crippen LogP contribution in [0.4, 0.5) is 5.69 Å². The van der Waals surface area contributed by atoms with E-state index in [4.69, 9.17) is 9.15 Å². The number of hydrogen-bond acceptors (Lipinski definition) is 5. The van der Waals surface area contributed by atoms with Crippen LogP contribution in [-0.2, 0) is 4.79 Å². The minimum atomic E-state index is -0.582. The standard InChI is InChI=1S/C19H15BrN2O4/c1-11(23)21-18(24)15-10-12-4-3-5-16(25-2)17(12)26-19(15)22-14-8-6-13(20)7-9-14/h3-10H,1-2H3,(H,21,23,24). The van der Waals surface area contributed by atoms with Crippen molar-refractivity contribution in [2.75, 3.05) is 7.11 Å². The summed E-state index contributed by atoms with van der Waals surface area (Å²) in [7, 11) is 1.53.